The molecule has 1 heterocycles. The largest absolute Gasteiger partial charge is 0.384 e. The topological polar surface area (TPSA) is 97.8 Å². The predicted octanol–water partition coefficient (Wildman–Crippen LogP) is 1.57. The number of nitrogen functional groups attached to an aromatic ring is 1. The van der Waals surface area contributed by atoms with Crippen molar-refractivity contribution < 1.29 is 4.92 Å². The van der Waals surface area contributed by atoms with Crippen LogP contribution in [0.3, 0.4) is 0 Å². The van der Waals surface area contributed by atoms with Crippen LogP contribution >= 0.6 is 0 Å². The molecular weight excluding hydrogens is 196 g/mol. The van der Waals surface area contributed by atoms with Crippen molar-refractivity contribution >= 4 is 11.5 Å². The first-order valence-corrected chi connectivity index (χ1v) is 4.22. The SMILES string of the molecule is Nc1[nH]ncc1-c1cccc([N+](=O)[O-])c1. The quantitative estimate of drug-likeness (QED) is 0.572. The van der Waals surface area contributed by atoms with Crippen LogP contribution in [0.25, 0.3) is 11.1 Å². The highest BCUT2D eigenvalue weighted by molar-refractivity contribution is 5.74. The zero-order chi connectivity index (χ0) is 10.8. The third kappa shape index (κ3) is 1.64. The normalized spacial score (nSPS) is 10.1. The summed E-state index contributed by atoms with van der Waals surface area (Å²) < 4.78 is 0. The van der Waals surface area contributed by atoms with Crippen LogP contribution in [-0.2, 0) is 0 Å². The summed E-state index contributed by atoms with van der Waals surface area (Å²) in [4.78, 5) is 10.1. The third-order valence-electron chi connectivity index (χ3n) is 2.04. The van der Waals surface area contributed by atoms with Crippen LogP contribution in [0.1, 0.15) is 0 Å². The summed E-state index contributed by atoms with van der Waals surface area (Å²) in [6.07, 6.45) is 1.54. The average Bonchev–Trinajstić information content (AvgIpc) is 2.64. The number of non-ortho nitro benzene ring substituents is 1. The van der Waals surface area contributed by atoms with E-state index >= 15 is 0 Å². The molecular formula is C9H8N4O2. The van der Waals surface area contributed by atoms with E-state index in [0.29, 0.717) is 16.9 Å². The molecule has 0 aliphatic carbocycles. The van der Waals surface area contributed by atoms with Gasteiger partial charge in [0.15, 0.2) is 0 Å². The molecule has 0 aliphatic heterocycles. The van der Waals surface area contributed by atoms with Gasteiger partial charge in [0, 0.05) is 17.7 Å². The van der Waals surface area contributed by atoms with Gasteiger partial charge in [-0.1, -0.05) is 12.1 Å². The van der Waals surface area contributed by atoms with Gasteiger partial charge in [0.1, 0.15) is 5.82 Å². The molecule has 0 saturated heterocycles. The molecule has 6 nitrogen and oxygen atoms in total. The number of H-pyrrole nitrogens is 1. The number of hydrogen-bond donors (Lipinski definition) is 2. The minimum Gasteiger partial charge on any atom is -0.384 e. The summed E-state index contributed by atoms with van der Waals surface area (Å²) >= 11 is 0. The lowest BCUT2D eigenvalue weighted by Gasteiger charge is -1.98. The summed E-state index contributed by atoms with van der Waals surface area (Å²) in [6, 6.07) is 6.25. The van der Waals surface area contributed by atoms with Crippen molar-refractivity contribution in [3.8, 4) is 11.1 Å². The molecule has 0 aliphatic rings. The number of nitro groups is 1. The monoisotopic (exact) mass is 204 g/mol. The van der Waals surface area contributed by atoms with Crippen molar-refractivity contribution in [3.63, 3.8) is 0 Å². The maximum Gasteiger partial charge on any atom is 0.270 e. The van der Waals surface area contributed by atoms with Gasteiger partial charge in [0.05, 0.1) is 11.1 Å². The molecule has 76 valence electrons. The fourth-order valence-corrected chi connectivity index (χ4v) is 1.31. The standard InChI is InChI=1S/C9H8N4O2/c10-9-8(5-11-12-9)6-2-1-3-7(4-6)13(14)15/h1-5H,(H3,10,11,12). The maximum absolute atomic E-state index is 10.6. The van der Waals surface area contributed by atoms with Crippen LogP contribution in [0.15, 0.2) is 30.5 Å². The molecule has 6 heteroatoms. The number of rotatable bonds is 2. The molecule has 0 saturated carbocycles. The molecule has 1 aromatic carbocycles. The molecule has 1 aromatic heterocycles. The second-order valence-electron chi connectivity index (χ2n) is 3.00. The molecule has 0 amide bonds. The first-order valence-electron chi connectivity index (χ1n) is 4.22. The fourth-order valence-electron chi connectivity index (χ4n) is 1.31. The molecule has 0 unspecified atom stereocenters. The van der Waals surface area contributed by atoms with E-state index in [0.717, 1.165) is 0 Å². The molecule has 0 atom stereocenters. The van der Waals surface area contributed by atoms with Gasteiger partial charge in [-0.3, -0.25) is 15.2 Å². The average molecular weight is 204 g/mol. The Morgan fingerprint density at radius 2 is 2.27 bits per heavy atom. The highest BCUT2D eigenvalue weighted by Gasteiger charge is 2.09. The number of aromatic amines is 1. The molecule has 15 heavy (non-hydrogen) atoms. The van der Waals surface area contributed by atoms with Gasteiger partial charge in [-0.2, -0.15) is 5.10 Å². The summed E-state index contributed by atoms with van der Waals surface area (Å²) in [7, 11) is 0. The Morgan fingerprint density at radius 1 is 1.47 bits per heavy atom. The summed E-state index contributed by atoms with van der Waals surface area (Å²) in [5.74, 6) is 0.399. The van der Waals surface area contributed by atoms with Crippen LogP contribution < -0.4 is 5.73 Å². The lowest BCUT2D eigenvalue weighted by molar-refractivity contribution is -0.384. The van der Waals surface area contributed by atoms with Crippen LogP contribution in [-0.4, -0.2) is 15.1 Å². The maximum atomic E-state index is 10.6. The van der Waals surface area contributed by atoms with E-state index < -0.39 is 4.92 Å². The second-order valence-corrected chi connectivity index (χ2v) is 3.00. The smallest absolute Gasteiger partial charge is 0.270 e. The van der Waals surface area contributed by atoms with Crippen molar-refractivity contribution in [1.82, 2.24) is 10.2 Å². The van der Waals surface area contributed by atoms with Gasteiger partial charge in [-0.25, -0.2) is 0 Å². The molecule has 0 radical (unpaired) electrons. The Labute approximate surface area is 84.9 Å². The van der Waals surface area contributed by atoms with Crippen molar-refractivity contribution in [3.05, 3.63) is 40.6 Å². The number of anilines is 1. The van der Waals surface area contributed by atoms with E-state index in [1.165, 1.54) is 18.3 Å². The Kier molecular flexibility index (Phi) is 2.09. The Morgan fingerprint density at radius 3 is 2.87 bits per heavy atom. The van der Waals surface area contributed by atoms with Gasteiger partial charge in [-0.05, 0) is 5.56 Å². The molecule has 3 N–H and O–H groups in total. The molecule has 2 aromatic rings. The first-order chi connectivity index (χ1) is 7.18. The van der Waals surface area contributed by atoms with E-state index in [1.54, 1.807) is 12.1 Å². The van der Waals surface area contributed by atoms with Crippen molar-refractivity contribution in [2.24, 2.45) is 0 Å². The van der Waals surface area contributed by atoms with Crippen LogP contribution in [0.4, 0.5) is 11.5 Å². The van der Waals surface area contributed by atoms with Crippen LogP contribution in [0.2, 0.25) is 0 Å². The number of nitrogens with one attached hydrogen (secondary N) is 1. The van der Waals surface area contributed by atoms with Crippen molar-refractivity contribution in [2.75, 3.05) is 5.73 Å². The Balaban J connectivity index is 2.50. The van der Waals surface area contributed by atoms with E-state index in [4.69, 9.17) is 5.73 Å². The Hall–Kier alpha value is -2.37. The summed E-state index contributed by atoms with van der Waals surface area (Å²) in [5.41, 5.74) is 6.99. The van der Waals surface area contributed by atoms with Gasteiger partial charge in [-0.15, -0.1) is 0 Å². The van der Waals surface area contributed by atoms with E-state index in [2.05, 4.69) is 10.2 Å². The van der Waals surface area contributed by atoms with Crippen molar-refractivity contribution in [2.45, 2.75) is 0 Å². The lowest BCUT2D eigenvalue weighted by atomic mass is 10.1. The highest BCUT2D eigenvalue weighted by atomic mass is 16.6. The molecule has 2 rings (SSSR count). The molecule has 0 bridgehead atoms. The van der Waals surface area contributed by atoms with E-state index in [9.17, 15) is 10.1 Å². The van der Waals surface area contributed by atoms with Gasteiger partial charge in [0.25, 0.3) is 5.69 Å². The number of nitro benzene ring substituents is 1. The van der Waals surface area contributed by atoms with Crippen LogP contribution in [0, 0.1) is 10.1 Å². The molecule has 0 spiro atoms. The minimum atomic E-state index is -0.445. The number of nitrogens with two attached hydrogens (primary N) is 1. The van der Waals surface area contributed by atoms with E-state index in [-0.39, 0.29) is 5.69 Å². The number of aromatic nitrogens is 2. The first kappa shape index (κ1) is 9.20. The number of hydrogen-bond acceptors (Lipinski definition) is 4. The predicted molar refractivity (Wildman–Crippen MR) is 55.1 cm³/mol. The second kappa shape index (κ2) is 3.41. The third-order valence-corrected chi connectivity index (χ3v) is 2.04. The van der Waals surface area contributed by atoms with Crippen molar-refractivity contribution in [1.29, 1.82) is 0 Å². The van der Waals surface area contributed by atoms with E-state index in [1.807, 2.05) is 0 Å². The van der Waals surface area contributed by atoms with Gasteiger partial charge < -0.3 is 5.73 Å². The Bertz CT molecular complexity index is 506. The lowest BCUT2D eigenvalue weighted by Crippen LogP contribution is -1.90. The zero-order valence-electron chi connectivity index (χ0n) is 7.68. The van der Waals surface area contributed by atoms with Crippen LogP contribution in [0.5, 0.6) is 0 Å². The minimum absolute atomic E-state index is 0.0353. The van der Waals surface area contributed by atoms with Gasteiger partial charge >= 0.3 is 0 Å². The summed E-state index contributed by atoms with van der Waals surface area (Å²) in [5, 5.41) is 16.9. The fraction of sp³-hybridized carbons (Fsp3) is 0. The van der Waals surface area contributed by atoms with Gasteiger partial charge in [0.2, 0.25) is 0 Å². The number of nitrogens with zero attached hydrogens (tertiary/aromatic N) is 2. The zero-order valence-corrected chi connectivity index (χ0v) is 7.68. The molecule has 0 fully saturated rings. The summed E-state index contributed by atoms with van der Waals surface area (Å²) in [6.45, 7) is 0. The number of benzene rings is 1. The highest BCUT2D eigenvalue weighted by Crippen LogP contribution is 2.26.